The van der Waals surface area contributed by atoms with E-state index in [1.165, 1.54) is 23.1 Å². The molecular weight excluding hydrogens is 282 g/mol. The van der Waals surface area contributed by atoms with Crippen molar-refractivity contribution in [1.29, 1.82) is 0 Å². The lowest BCUT2D eigenvalue weighted by Crippen LogP contribution is -2.54. The largest absolute Gasteiger partial charge is 0.346 e. The maximum atomic E-state index is 12.3. The molecule has 0 unspecified atom stereocenters. The summed E-state index contributed by atoms with van der Waals surface area (Å²) in [6, 6.07) is 6.36. The van der Waals surface area contributed by atoms with Crippen molar-refractivity contribution >= 4 is 32.6 Å². The fourth-order valence-electron chi connectivity index (χ4n) is 3.14. The second-order valence-corrected chi connectivity index (χ2v) is 7.11. The highest BCUT2D eigenvalue weighted by Crippen LogP contribution is 2.34. The fraction of sp³-hybridized carbons (Fsp3) is 0.500. The van der Waals surface area contributed by atoms with Crippen LogP contribution in [0.3, 0.4) is 0 Å². The van der Waals surface area contributed by atoms with Crippen LogP contribution in [-0.2, 0) is 4.79 Å². The van der Waals surface area contributed by atoms with Crippen LogP contribution in [0.1, 0.15) is 18.4 Å². The summed E-state index contributed by atoms with van der Waals surface area (Å²) in [5.74, 6) is 0.526. The van der Waals surface area contributed by atoms with Gasteiger partial charge in [0, 0.05) is 26.2 Å². The molecule has 1 aromatic heterocycles. The molecule has 0 bridgehead atoms. The molecule has 0 aliphatic carbocycles. The van der Waals surface area contributed by atoms with E-state index in [9.17, 15) is 4.79 Å². The molecule has 2 aliphatic rings. The zero-order valence-corrected chi connectivity index (χ0v) is 13.0. The molecule has 3 heterocycles. The van der Waals surface area contributed by atoms with Crippen molar-refractivity contribution in [2.45, 2.75) is 19.8 Å². The topological polar surface area (TPSA) is 36.4 Å². The van der Waals surface area contributed by atoms with Gasteiger partial charge in [-0.05, 0) is 37.5 Å². The summed E-state index contributed by atoms with van der Waals surface area (Å²) in [5.41, 5.74) is 2.33. The number of aromatic nitrogens is 1. The quantitative estimate of drug-likeness (QED) is 0.855. The van der Waals surface area contributed by atoms with E-state index < -0.39 is 0 Å². The molecule has 1 aromatic carbocycles. The highest BCUT2D eigenvalue weighted by Gasteiger charge is 2.37. The number of likely N-dealkylation sites (tertiary alicyclic amines) is 1. The van der Waals surface area contributed by atoms with Crippen LogP contribution in [0, 0.1) is 12.8 Å². The lowest BCUT2D eigenvalue weighted by atomic mass is 9.99. The lowest BCUT2D eigenvalue weighted by molar-refractivity contribution is -0.135. The maximum absolute atomic E-state index is 12.3. The number of carbonyl (C=O) groups excluding carboxylic acids is 1. The molecule has 110 valence electrons. The van der Waals surface area contributed by atoms with Gasteiger partial charge in [-0.1, -0.05) is 17.4 Å². The fourth-order valence-corrected chi connectivity index (χ4v) is 4.22. The third-order valence-corrected chi connectivity index (χ3v) is 5.53. The monoisotopic (exact) mass is 301 g/mol. The Hall–Kier alpha value is -1.62. The van der Waals surface area contributed by atoms with Crippen molar-refractivity contribution in [2.75, 3.05) is 31.1 Å². The van der Waals surface area contributed by atoms with Crippen LogP contribution in [0.2, 0.25) is 0 Å². The molecule has 4 nitrogen and oxygen atoms in total. The van der Waals surface area contributed by atoms with Crippen molar-refractivity contribution in [1.82, 2.24) is 9.88 Å². The molecule has 2 saturated heterocycles. The van der Waals surface area contributed by atoms with E-state index in [0.717, 1.165) is 36.8 Å². The zero-order valence-electron chi connectivity index (χ0n) is 12.2. The highest BCUT2D eigenvalue weighted by atomic mass is 32.1. The van der Waals surface area contributed by atoms with E-state index in [0.29, 0.717) is 5.91 Å². The Labute approximate surface area is 128 Å². The Morgan fingerprint density at radius 2 is 2.05 bits per heavy atom. The van der Waals surface area contributed by atoms with E-state index in [4.69, 9.17) is 0 Å². The average Bonchev–Trinajstić information content (AvgIpc) is 3.04. The van der Waals surface area contributed by atoms with Crippen LogP contribution in [0.4, 0.5) is 5.13 Å². The van der Waals surface area contributed by atoms with Gasteiger partial charge in [0.05, 0.1) is 16.1 Å². The average molecular weight is 301 g/mol. The van der Waals surface area contributed by atoms with Crippen LogP contribution in [0.25, 0.3) is 10.2 Å². The minimum Gasteiger partial charge on any atom is -0.346 e. The number of aryl methyl sites for hydroxylation is 1. The van der Waals surface area contributed by atoms with Gasteiger partial charge < -0.3 is 9.80 Å². The standard InChI is InChI=1S/C16H19N3OS/c1-11-4-5-13-14(8-11)21-16(17-13)19-9-12(10-19)15(20)18-6-2-3-7-18/h4-5,8,12H,2-3,6-7,9-10H2,1H3. The molecule has 21 heavy (non-hydrogen) atoms. The molecule has 0 atom stereocenters. The third kappa shape index (κ3) is 2.29. The van der Waals surface area contributed by atoms with Crippen LogP contribution in [0.15, 0.2) is 18.2 Å². The number of anilines is 1. The van der Waals surface area contributed by atoms with Crippen LogP contribution in [0.5, 0.6) is 0 Å². The first-order valence-electron chi connectivity index (χ1n) is 7.61. The second-order valence-electron chi connectivity index (χ2n) is 6.10. The number of hydrogen-bond donors (Lipinski definition) is 0. The van der Waals surface area contributed by atoms with Crippen molar-refractivity contribution in [3.63, 3.8) is 0 Å². The molecule has 2 aromatic rings. The summed E-state index contributed by atoms with van der Waals surface area (Å²) >= 11 is 1.73. The van der Waals surface area contributed by atoms with Crippen LogP contribution < -0.4 is 4.90 Å². The predicted molar refractivity (Wildman–Crippen MR) is 85.9 cm³/mol. The van der Waals surface area contributed by atoms with Gasteiger partial charge in [0.15, 0.2) is 5.13 Å². The molecule has 0 spiro atoms. The van der Waals surface area contributed by atoms with Gasteiger partial charge in [-0.2, -0.15) is 0 Å². The number of hydrogen-bond acceptors (Lipinski definition) is 4. The Kier molecular flexibility index (Phi) is 3.10. The number of benzene rings is 1. The number of nitrogens with zero attached hydrogens (tertiary/aromatic N) is 3. The summed E-state index contributed by atoms with van der Waals surface area (Å²) in [7, 11) is 0. The molecule has 1 amide bonds. The molecule has 2 aliphatic heterocycles. The first-order valence-corrected chi connectivity index (χ1v) is 8.43. The molecule has 4 rings (SSSR count). The Morgan fingerprint density at radius 1 is 1.29 bits per heavy atom. The predicted octanol–water partition coefficient (Wildman–Crippen LogP) is 2.66. The Bertz CT molecular complexity index is 684. The SMILES string of the molecule is Cc1ccc2nc(N3CC(C(=O)N4CCCC4)C3)sc2c1. The van der Waals surface area contributed by atoms with Crippen molar-refractivity contribution in [3.8, 4) is 0 Å². The number of carbonyl (C=O) groups is 1. The number of amides is 1. The first kappa shape index (κ1) is 13.1. The second kappa shape index (κ2) is 4.98. The van der Waals surface area contributed by atoms with E-state index in [-0.39, 0.29) is 5.92 Å². The van der Waals surface area contributed by atoms with Gasteiger partial charge in [-0.3, -0.25) is 4.79 Å². The van der Waals surface area contributed by atoms with Gasteiger partial charge in [0.1, 0.15) is 0 Å². The molecule has 0 radical (unpaired) electrons. The number of thiazole rings is 1. The first-order chi connectivity index (χ1) is 10.2. The minimum absolute atomic E-state index is 0.178. The third-order valence-electron chi connectivity index (χ3n) is 4.45. The van der Waals surface area contributed by atoms with Crippen molar-refractivity contribution in [2.24, 2.45) is 5.92 Å². The van der Waals surface area contributed by atoms with Crippen LogP contribution >= 0.6 is 11.3 Å². The van der Waals surface area contributed by atoms with Gasteiger partial charge in [0.2, 0.25) is 5.91 Å². The summed E-state index contributed by atoms with van der Waals surface area (Å²) in [5, 5.41) is 1.06. The number of fused-ring (bicyclic) bond motifs is 1. The number of rotatable bonds is 2. The summed E-state index contributed by atoms with van der Waals surface area (Å²) < 4.78 is 1.24. The van der Waals surface area contributed by atoms with Gasteiger partial charge in [-0.15, -0.1) is 0 Å². The Morgan fingerprint density at radius 3 is 2.81 bits per heavy atom. The molecular formula is C16H19N3OS. The molecule has 0 N–H and O–H groups in total. The molecule has 0 saturated carbocycles. The van der Waals surface area contributed by atoms with E-state index >= 15 is 0 Å². The highest BCUT2D eigenvalue weighted by molar-refractivity contribution is 7.22. The lowest BCUT2D eigenvalue weighted by Gasteiger charge is -2.39. The van der Waals surface area contributed by atoms with E-state index in [1.807, 2.05) is 4.90 Å². The summed E-state index contributed by atoms with van der Waals surface area (Å²) in [6.45, 7) is 5.67. The minimum atomic E-state index is 0.178. The van der Waals surface area contributed by atoms with Crippen molar-refractivity contribution < 1.29 is 4.79 Å². The van der Waals surface area contributed by atoms with Crippen molar-refractivity contribution in [3.05, 3.63) is 23.8 Å². The molecule has 5 heteroatoms. The zero-order chi connectivity index (χ0) is 14.4. The summed E-state index contributed by atoms with van der Waals surface area (Å²) in [4.78, 5) is 21.3. The maximum Gasteiger partial charge on any atom is 0.229 e. The normalized spacial score (nSPS) is 19.3. The molecule has 2 fully saturated rings. The van der Waals surface area contributed by atoms with E-state index in [1.54, 1.807) is 11.3 Å². The summed E-state index contributed by atoms with van der Waals surface area (Å²) in [6.07, 6.45) is 2.33. The smallest absolute Gasteiger partial charge is 0.229 e. The van der Waals surface area contributed by atoms with Gasteiger partial charge in [0.25, 0.3) is 0 Å². The van der Waals surface area contributed by atoms with Crippen LogP contribution in [-0.4, -0.2) is 42.0 Å². The van der Waals surface area contributed by atoms with E-state index in [2.05, 4.69) is 35.0 Å². The Balaban J connectivity index is 1.45. The van der Waals surface area contributed by atoms with Gasteiger partial charge >= 0.3 is 0 Å². The van der Waals surface area contributed by atoms with Gasteiger partial charge in [-0.25, -0.2) is 4.98 Å².